The number of rotatable bonds is 4. The van der Waals surface area contributed by atoms with Gasteiger partial charge in [-0.15, -0.1) is 15.3 Å². The maximum atomic E-state index is 13.3. The van der Waals surface area contributed by atoms with Crippen molar-refractivity contribution in [1.29, 1.82) is 0 Å². The number of nitrogens with zero attached hydrogens (tertiary/aromatic N) is 4. The minimum absolute atomic E-state index is 0.0589. The monoisotopic (exact) mass is 309 g/mol. The zero-order valence-electron chi connectivity index (χ0n) is 11.3. The normalized spacial score (nSPS) is 11.1. The topological polar surface area (TPSA) is 64.3 Å². The number of aromatic nitrogens is 4. The molecule has 0 saturated carbocycles. The molecule has 0 amide bonds. The van der Waals surface area contributed by atoms with Gasteiger partial charge in [0.15, 0.2) is 23.0 Å². The number of hydrogen-bond acceptors (Lipinski definition) is 5. The van der Waals surface area contributed by atoms with Gasteiger partial charge in [-0.3, -0.25) is 0 Å². The van der Waals surface area contributed by atoms with Crippen LogP contribution in [-0.2, 0) is 0 Å². The summed E-state index contributed by atoms with van der Waals surface area (Å²) in [4.78, 5) is 0. The first-order chi connectivity index (χ1) is 10.6. The molecule has 22 heavy (non-hydrogen) atoms. The SMILES string of the molecule is COc1cc(Nc2ccc3nnc(C(F)F)n3n2)ccc1F. The summed E-state index contributed by atoms with van der Waals surface area (Å²) in [6.45, 7) is 0. The Balaban J connectivity index is 1.95. The number of anilines is 2. The Hall–Kier alpha value is -2.84. The Kier molecular flexibility index (Phi) is 3.53. The van der Waals surface area contributed by atoms with E-state index in [2.05, 4.69) is 20.6 Å². The summed E-state index contributed by atoms with van der Waals surface area (Å²) in [5, 5.41) is 13.9. The van der Waals surface area contributed by atoms with Gasteiger partial charge in [0.25, 0.3) is 6.43 Å². The third kappa shape index (κ3) is 2.52. The Labute approximate surface area is 122 Å². The smallest absolute Gasteiger partial charge is 0.299 e. The van der Waals surface area contributed by atoms with E-state index < -0.39 is 18.1 Å². The van der Waals surface area contributed by atoms with Crippen LogP contribution in [0.4, 0.5) is 24.7 Å². The van der Waals surface area contributed by atoms with Crippen LogP contribution >= 0.6 is 0 Å². The first kappa shape index (κ1) is 14.1. The van der Waals surface area contributed by atoms with Crippen LogP contribution in [0.15, 0.2) is 30.3 Å². The molecular formula is C13H10F3N5O. The first-order valence-corrected chi connectivity index (χ1v) is 6.19. The van der Waals surface area contributed by atoms with Crippen molar-refractivity contribution < 1.29 is 17.9 Å². The molecule has 3 aromatic rings. The quantitative estimate of drug-likeness (QED) is 0.802. The zero-order valence-corrected chi connectivity index (χ0v) is 11.3. The van der Waals surface area contributed by atoms with E-state index in [1.54, 1.807) is 6.07 Å². The molecule has 0 radical (unpaired) electrons. The van der Waals surface area contributed by atoms with E-state index in [9.17, 15) is 13.2 Å². The van der Waals surface area contributed by atoms with Crippen molar-refractivity contribution in [2.24, 2.45) is 0 Å². The second kappa shape index (κ2) is 5.51. The predicted octanol–water partition coefficient (Wildman–Crippen LogP) is 2.95. The molecule has 114 valence electrons. The van der Waals surface area contributed by atoms with Crippen LogP contribution in [0.5, 0.6) is 5.75 Å². The average molecular weight is 309 g/mol. The summed E-state index contributed by atoms with van der Waals surface area (Å²) in [5.41, 5.74) is 0.703. The summed E-state index contributed by atoms with van der Waals surface area (Å²) in [7, 11) is 1.35. The van der Waals surface area contributed by atoms with E-state index >= 15 is 0 Å². The Morgan fingerprint density at radius 3 is 2.73 bits per heavy atom. The summed E-state index contributed by atoms with van der Waals surface area (Å²) < 4.78 is 44.7. The van der Waals surface area contributed by atoms with Gasteiger partial charge in [-0.1, -0.05) is 0 Å². The molecule has 0 atom stereocenters. The largest absolute Gasteiger partial charge is 0.494 e. The van der Waals surface area contributed by atoms with Crippen molar-refractivity contribution in [3.63, 3.8) is 0 Å². The summed E-state index contributed by atoms with van der Waals surface area (Å²) in [6.07, 6.45) is -2.79. The maximum absolute atomic E-state index is 13.3. The van der Waals surface area contributed by atoms with Crippen LogP contribution in [0.2, 0.25) is 0 Å². The maximum Gasteiger partial charge on any atom is 0.299 e. The van der Waals surface area contributed by atoms with Crippen LogP contribution in [0.3, 0.4) is 0 Å². The van der Waals surface area contributed by atoms with E-state index in [-0.39, 0.29) is 17.2 Å². The average Bonchev–Trinajstić information content (AvgIpc) is 2.92. The van der Waals surface area contributed by atoms with Crippen LogP contribution in [0.1, 0.15) is 12.2 Å². The minimum atomic E-state index is -2.79. The third-order valence-electron chi connectivity index (χ3n) is 2.91. The molecule has 1 aromatic carbocycles. The molecule has 0 fully saturated rings. The van der Waals surface area contributed by atoms with Gasteiger partial charge in [0.1, 0.15) is 0 Å². The highest BCUT2D eigenvalue weighted by atomic mass is 19.3. The van der Waals surface area contributed by atoms with Crippen molar-refractivity contribution >= 4 is 17.2 Å². The van der Waals surface area contributed by atoms with E-state index in [0.29, 0.717) is 5.69 Å². The lowest BCUT2D eigenvalue weighted by Gasteiger charge is -2.08. The lowest BCUT2D eigenvalue weighted by molar-refractivity contribution is 0.137. The highest BCUT2D eigenvalue weighted by Crippen LogP contribution is 2.24. The number of benzene rings is 1. The molecule has 2 heterocycles. The molecular weight excluding hydrogens is 299 g/mol. The van der Waals surface area contributed by atoms with Gasteiger partial charge in [-0.05, 0) is 24.3 Å². The fourth-order valence-electron chi connectivity index (χ4n) is 1.89. The van der Waals surface area contributed by atoms with Gasteiger partial charge >= 0.3 is 0 Å². The highest BCUT2D eigenvalue weighted by molar-refractivity contribution is 5.59. The molecule has 3 rings (SSSR count). The predicted molar refractivity (Wildman–Crippen MR) is 72.0 cm³/mol. The molecule has 0 aliphatic carbocycles. The number of halogens is 3. The highest BCUT2D eigenvalue weighted by Gasteiger charge is 2.17. The molecule has 0 spiro atoms. The number of ether oxygens (including phenoxy) is 1. The van der Waals surface area contributed by atoms with E-state index in [1.165, 1.54) is 31.4 Å². The summed E-state index contributed by atoms with van der Waals surface area (Å²) >= 11 is 0. The molecule has 2 aromatic heterocycles. The molecule has 9 heteroatoms. The van der Waals surface area contributed by atoms with Crippen molar-refractivity contribution in [3.05, 3.63) is 42.0 Å². The molecule has 1 N–H and O–H groups in total. The minimum Gasteiger partial charge on any atom is -0.494 e. The van der Waals surface area contributed by atoms with E-state index in [1.807, 2.05) is 0 Å². The van der Waals surface area contributed by atoms with Gasteiger partial charge in [0.05, 0.1) is 7.11 Å². The van der Waals surface area contributed by atoms with Crippen molar-refractivity contribution in [2.75, 3.05) is 12.4 Å². The second-order valence-corrected chi connectivity index (χ2v) is 4.32. The number of methoxy groups -OCH3 is 1. The Bertz CT molecular complexity index is 821. The van der Waals surface area contributed by atoms with Crippen molar-refractivity contribution in [3.8, 4) is 5.75 Å². The Morgan fingerprint density at radius 2 is 2.00 bits per heavy atom. The Morgan fingerprint density at radius 1 is 1.18 bits per heavy atom. The lowest BCUT2D eigenvalue weighted by Crippen LogP contribution is -2.03. The molecule has 0 bridgehead atoms. The summed E-state index contributed by atoms with van der Waals surface area (Å²) in [6, 6.07) is 7.18. The van der Waals surface area contributed by atoms with Crippen LogP contribution in [-0.4, -0.2) is 26.9 Å². The first-order valence-electron chi connectivity index (χ1n) is 6.19. The molecule has 6 nitrogen and oxygen atoms in total. The molecule has 0 saturated heterocycles. The number of alkyl halides is 2. The molecule has 0 aliphatic heterocycles. The standard InChI is InChI=1S/C13H10F3N5O/c1-22-9-6-7(2-3-8(9)14)17-10-4-5-11-18-19-13(12(15)16)21(11)20-10/h2-6,12H,1H3,(H,17,20). The van der Waals surface area contributed by atoms with E-state index in [0.717, 1.165) is 4.52 Å². The number of nitrogens with one attached hydrogen (secondary N) is 1. The van der Waals surface area contributed by atoms with Crippen LogP contribution in [0, 0.1) is 5.82 Å². The van der Waals surface area contributed by atoms with Gasteiger partial charge < -0.3 is 10.1 Å². The number of fused-ring (bicyclic) bond motifs is 1. The zero-order chi connectivity index (χ0) is 15.7. The van der Waals surface area contributed by atoms with Crippen molar-refractivity contribution in [2.45, 2.75) is 6.43 Å². The molecule has 0 aliphatic rings. The third-order valence-corrected chi connectivity index (χ3v) is 2.91. The van der Waals surface area contributed by atoms with Gasteiger partial charge in [-0.2, -0.15) is 4.52 Å². The number of hydrogen-bond donors (Lipinski definition) is 1. The lowest BCUT2D eigenvalue weighted by atomic mass is 10.3. The van der Waals surface area contributed by atoms with Gasteiger partial charge in [-0.25, -0.2) is 13.2 Å². The molecule has 0 unspecified atom stereocenters. The fourth-order valence-corrected chi connectivity index (χ4v) is 1.89. The van der Waals surface area contributed by atoms with E-state index in [4.69, 9.17) is 4.74 Å². The fraction of sp³-hybridized carbons (Fsp3) is 0.154. The van der Waals surface area contributed by atoms with Crippen molar-refractivity contribution in [1.82, 2.24) is 19.8 Å². The van der Waals surface area contributed by atoms with Crippen LogP contribution < -0.4 is 10.1 Å². The van der Waals surface area contributed by atoms with Gasteiger partial charge in [0, 0.05) is 11.8 Å². The summed E-state index contributed by atoms with van der Waals surface area (Å²) in [5.74, 6) is -0.711. The van der Waals surface area contributed by atoms with Gasteiger partial charge in [0.2, 0.25) is 5.82 Å². The van der Waals surface area contributed by atoms with Crippen LogP contribution in [0.25, 0.3) is 5.65 Å². The second-order valence-electron chi connectivity index (χ2n) is 4.32.